The highest BCUT2D eigenvalue weighted by Gasteiger charge is 2.36. The van der Waals surface area contributed by atoms with Gasteiger partial charge >= 0.3 is 0 Å². The Kier molecular flexibility index (Phi) is 15.4. The third kappa shape index (κ3) is 11.2. The monoisotopic (exact) mass is 874 g/mol. The number of hydrogen-bond acceptors (Lipinski definition) is 12. The molecule has 3 aromatic carbocycles. The van der Waals surface area contributed by atoms with Crippen molar-refractivity contribution in [3.63, 3.8) is 0 Å². The first-order valence-corrected chi connectivity index (χ1v) is 21.1. The molecule has 338 valence electrons. The number of amides is 5. The first-order chi connectivity index (χ1) is 30.3. The fourth-order valence-electron chi connectivity index (χ4n) is 7.44. The normalized spacial score (nSPS) is 17.4. The van der Waals surface area contributed by atoms with Gasteiger partial charge < -0.3 is 47.5 Å². The summed E-state index contributed by atoms with van der Waals surface area (Å²) in [5.41, 5.74) is 16.1. The van der Waals surface area contributed by atoms with Crippen LogP contribution >= 0.6 is 0 Å². The number of phenols is 1. The van der Waals surface area contributed by atoms with Crippen LogP contribution in [0, 0.1) is 25.2 Å². The van der Waals surface area contributed by atoms with Gasteiger partial charge in [0.1, 0.15) is 48.3 Å². The van der Waals surface area contributed by atoms with Crippen LogP contribution in [0.1, 0.15) is 85.5 Å². The van der Waals surface area contributed by atoms with E-state index in [2.05, 4.69) is 52.0 Å². The first kappa shape index (κ1) is 48.1. The molecule has 0 spiro atoms. The summed E-state index contributed by atoms with van der Waals surface area (Å²) < 4.78 is 6.18. The van der Waals surface area contributed by atoms with Gasteiger partial charge in [0.15, 0.2) is 5.82 Å². The lowest BCUT2D eigenvalue weighted by Crippen LogP contribution is -2.56. The number of aryl methyl sites for hydroxylation is 2. The summed E-state index contributed by atoms with van der Waals surface area (Å²) in [4.78, 5) is 80.5. The molecule has 5 unspecified atom stereocenters. The van der Waals surface area contributed by atoms with Crippen molar-refractivity contribution in [3.05, 3.63) is 94.3 Å². The van der Waals surface area contributed by atoms with E-state index in [9.17, 15) is 29.1 Å². The van der Waals surface area contributed by atoms with Crippen molar-refractivity contribution in [2.24, 2.45) is 11.5 Å². The molecule has 5 rings (SSSR count). The van der Waals surface area contributed by atoms with Crippen LogP contribution in [0.2, 0.25) is 0 Å². The maximum absolute atomic E-state index is 14.6. The zero-order valence-electron chi connectivity index (χ0n) is 37.5. The predicted octanol–water partition coefficient (Wildman–Crippen LogP) is 2.99. The minimum Gasteiger partial charge on any atom is -0.507 e. The Balaban J connectivity index is 1.55. The first-order valence-electron chi connectivity index (χ1n) is 21.1. The van der Waals surface area contributed by atoms with Crippen molar-refractivity contribution in [2.75, 3.05) is 26.7 Å². The van der Waals surface area contributed by atoms with Crippen molar-refractivity contribution in [2.45, 2.75) is 97.0 Å². The molecule has 0 saturated heterocycles. The van der Waals surface area contributed by atoms with Crippen molar-refractivity contribution >= 4 is 29.5 Å². The Bertz CT molecular complexity index is 2420. The van der Waals surface area contributed by atoms with Gasteiger partial charge in [0, 0.05) is 36.7 Å². The van der Waals surface area contributed by atoms with Gasteiger partial charge in [-0.2, -0.15) is 5.26 Å². The number of aromatic nitrogens is 2. The lowest BCUT2D eigenvalue weighted by molar-refractivity contribution is -0.141. The zero-order valence-corrected chi connectivity index (χ0v) is 37.5. The summed E-state index contributed by atoms with van der Waals surface area (Å²) in [5, 5.41) is 31.0. The van der Waals surface area contributed by atoms with Crippen LogP contribution in [-0.4, -0.2) is 100 Å². The second-order valence-corrected chi connectivity index (χ2v) is 17.0. The van der Waals surface area contributed by atoms with Crippen molar-refractivity contribution in [1.82, 2.24) is 36.1 Å². The van der Waals surface area contributed by atoms with E-state index in [1.807, 2.05) is 30.3 Å². The topological polar surface area (TPSA) is 268 Å². The Labute approximate surface area is 373 Å². The maximum Gasteiger partial charge on any atom is 0.255 e. The minimum atomic E-state index is -1.43. The number of nitrogens with two attached hydrogens (primary N) is 2. The minimum absolute atomic E-state index is 0.00913. The zero-order chi connectivity index (χ0) is 47.0. The molecule has 5 amide bonds. The summed E-state index contributed by atoms with van der Waals surface area (Å²) in [6, 6.07) is 14.1. The maximum atomic E-state index is 14.6. The summed E-state index contributed by atoms with van der Waals surface area (Å²) in [6.45, 7) is 12.8. The molecule has 0 fully saturated rings. The van der Waals surface area contributed by atoms with Crippen LogP contribution in [0.3, 0.4) is 0 Å². The number of likely N-dealkylation sites (N-methyl/N-ethyl adjacent to an activating group) is 1. The molecule has 0 radical (unpaired) electrons. The molecule has 17 heteroatoms. The number of fused-ring (bicyclic) bond motifs is 5. The molecule has 0 saturated carbocycles. The number of aromatic hydroxyl groups is 1. The van der Waals surface area contributed by atoms with Gasteiger partial charge in [0.05, 0.1) is 23.0 Å². The van der Waals surface area contributed by atoms with Crippen LogP contribution in [0.5, 0.6) is 11.5 Å². The quantitative estimate of drug-likeness (QED) is 0.101. The SMILES string of the molecule is Cc1nc(-c2ccc(C(C)(C)C)cc2)nc(C)c1C(=O)NC(CCN)C(=O)N(C)C1C(=O)NC(C)C(=O)NC(C(=O)NCC#N)Cc2ccc(O)c(c2)-c2cc1ccc2OC(C)CN. The van der Waals surface area contributed by atoms with E-state index in [4.69, 9.17) is 21.5 Å². The number of carbonyl (C=O) groups is 5. The molecule has 4 aromatic rings. The number of rotatable bonds is 12. The lowest BCUT2D eigenvalue weighted by atomic mass is 9.86. The highest BCUT2D eigenvalue weighted by molar-refractivity contribution is 6.00. The number of carbonyl (C=O) groups excluding carboxylic acids is 5. The van der Waals surface area contributed by atoms with E-state index in [0.29, 0.717) is 34.1 Å². The number of nitriles is 1. The summed E-state index contributed by atoms with van der Waals surface area (Å²) in [7, 11) is 1.39. The van der Waals surface area contributed by atoms with Crippen LogP contribution in [0.4, 0.5) is 0 Å². The van der Waals surface area contributed by atoms with Crippen molar-refractivity contribution < 1.29 is 33.8 Å². The third-order valence-corrected chi connectivity index (χ3v) is 11.0. The highest BCUT2D eigenvalue weighted by atomic mass is 16.5. The van der Waals surface area contributed by atoms with Gasteiger partial charge in [-0.05, 0) is 87.0 Å². The average molecular weight is 875 g/mol. The number of phenolic OH excluding ortho intramolecular Hbond substituents is 1. The van der Waals surface area contributed by atoms with E-state index < -0.39 is 59.8 Å². The fourth-order valence-corrected chi connectivity index (χ4v) is 7.44. The molecule has 1 aliphatic heterocycles. The number of hydrogen-bond donors (Lipinski definition) is 7. The summed E-state index contributed by atoms with van der Waals surface area (Å²) in [6.07, 6.45) is -0.520. The van der Waals surface area contributed by atoms with Gasteiger partial charge in [0.2, 0.25) is 23.6 Å². The molecule has 4 bridgehead atoms. The van der Waals surface area contributed by atoms with Crippen LogP contribution in [-0.2, 0) is 31.0 Å². The molecule has 2 heterocycles. The van der Waals surface area contributed by atoms with Crippen LogP contribution in [0.15, 0.2) is 60.7 Å². The number of benzene rings is 3. The fraction of sp³-hybridized carbons (Fsp3) is 0.404. The lowest BCUT2D eigenvalue weighted by Gasteiger charge is -2.32. The summed E-state index contributed by atoms with van der Waals surface area (Å²) >= 11 is 0. The number of nitrogens with one attached hydrogen (secondary N) is 4. The summed E-state index contributed by atoms with van der Waals surface area (Å²) in [5.74, 6) is -2.87. The van der Waals surface area contributed by atoms with E-state index in [0.717, 1.165) is 16.0 Å². The molecule has 17 nitrogen and oxygen atoms in total. The Morgan fingerprint density at radius 3 is 2.27 bits per heavy atom. The predicted molar refractivity (Wildman–Crippen MR) is 241 cm³/mol. The third-order valence-electron chi connectivity index (χ3n) is 11.0. The molecule has 5 atom stereocenters. The van der Waals surface area contributed by atoms with Crippen LogP contribution < -0.4 is 37.5 Å². The highest BCUT2D eigenvalue weighted by Crippen LogP contribution is 2.40. The Morgan fingerprint density at radius 2 is 1.66 bits per heavy atom. The van der Waals surface area contributed by atoms with E-state index in [1.54, 1.807) is 51.1 Å². The largest absolute Gasteiger partial charge is 0.507 e. The number of nitrogens with zero attached hydrogens (tertiary/aromatic N) is 4. The van der Waals surface area contributed by atoms with E-state index in [1.165, 1.54) is 20.0 Å². The second-order valence-electron chi connectivity index (χ2n) is 17.0. The molecular formula is C47H58N10O7. The van der Waals surface area contributed by atoms with Gasteiger partial charge in [-0.15, -0.1) is 0 Å². The smallest absolute Gasteiger partial charge is 0.255 e. The molecule has 0 aliphatic carbocycles. The second kappa shape index (κ2) is 20.5. The molecule has 1 aromatic heterocycles. The molecule has 9 N–H and O–H groups in total. The molecule has 1 aliphatic rings. The van der Waals surface area contributed by atoms with Crippen molar-refractivity contribution in [3.8, 4) is 40.1 Å². The van der Waals surface area contributed by atoms with Crippen molar-refractivity contribution in [1.29, 1.82) is 5.26 Å². The van der Waals surface area contributed by atoms with E-state index >= 15 is 0 Å². The van der Waals surface area contributed by atoms with Gasteiger partial charge in [-0.25, -0.2) is 9.97 Å². The average Bonchev–Trinajstić information content (AvgIpc) is 3.25. The standard InChI is InChI=1S/C47H58N10O7/c1-25(24-50)64-38-16-12-31-23-34(38)33-21-29(9-15-37(33)58)22-36(43(60)51-20-19-49)56-42(59)28(4)54-45(62)40(31)57(8)46(63)35(17-18-48)55-44(61)39-26(2)52-41(53-27(39)3)30-10-13-32(14-11-30)47(5,6)7/h9-16,21,23,25,28,35-36,40,58H,17-18,20,22,24,48,50H2,1-8H3,(H,51,60)(H,54,62)(H,55,61)(H,56,59). The van der Waals surface area contributed by atoms with Crippen LogP contribution in [0.25, 0.3) is 22.5 Å². The Morgan fingerprint density at radius 1 is 0.984 bits per heavy atom. The Hall–Kier alpha value is -6.90. The van der Waals surface area contributed by atoms with Gasteiger partial charge in [-0.3, -0.25) is 24.0 Å². The van der Waals surface area contributed by atoms with E-state index in [-0.39, 0.29) is 60.3 Å². The van der Waals surface area contributed by atoms with Gasteiger partial charge in [0.25, 0.3) is 5.91 Å². The van der Waals surface area contributed by atoms with Gasteiger partial charge in [-0.1, -0.05) is 57.2 Å². The molecule has 64 heavy (non-hydrogen) atoms. The number of ether oxygens (including phenoxy) is 1. The molecular weight excluding hydrogens is 817 g/mol.